The molecule has 4 heteroatoms. The van der Waals surface area contributed by atoms with Crippen LogP contribution in [0.4, 0.5) is 0 Å². The van der Waals surface area contributed by atoms with Crippen LogP contribution < -0.4 is 0 Å². The summed E-state index contributed by atoms with van der Waals surface area (Å²) in [5.41, 5.74) is 1.44. The number of ether oxygens (including phenoxy) is 1. The predicted molar refractivity (Wildman–Crippen MR) is 70.2 cm³/mol. The molecule has 0 amide bonds. The minimum absolute atomic E-state index is 0.0265. The van der Waals surface area contributed by atoms with Gasteiger partial charge in [0.25, 0.3) is 0 Å². The topological polar surface area (TPSA) is 52.3 Å². The van der Waals surface area contributed by atoms with Gasteiger partial charge in [-0.15, -0.1) is 6.42 Å². The normalized spacial score (nSPS) is 9.89. The van der Waals surface area contributed by atoms with Crippen LogP contribution in [0, 0.1) is 19.3 Å². The lowest BCUT2D eigenvalue weighted by Gasteiger charge is -1.98. The molecule has 2 rings (SSSR count). The summed E-state index contributed by atoms with van der Waals surface area (Å²) in [6.45, 7) is 1.74. The van der Waals surface area contributed by atoms with Crippen LogP contribution in [-0.2, 0) is 16.0 Å². The van der Waals surface area contributed by atoms with Gasteiger partial charge in [-0.2, -0.15) is 0 Å². The van der Waals surface area contributed by atoms with E-state index in [-0.39, 0.29) is 13.0 Å². The Labute approximate surface area is 111 Å². The summed E-state index contributed by atoms with van der Waals surface area (Å²) in [4.78, 5) is 15.8. The van der Waals surface area contributed by atoms with E-state index in [0.717, 1.165) is 5.56 Å². The van der Waals surface area contributed by atoms with Crippen LogP contribution in [0.2, 0.25) is 0 Å². The number of hydrogen-bond donors (Lipinski definition) is 0. The quantitative estimate of drug-likeness (QED) is 0.621. The molecule has 1 heterocycles. The summed E-state index contributed by atoms with van der Waals surface area (Å²) in [6.07, 6.45) is 5.08. The second-order valence-electron chi connectivity index (χ2n) is 3.93. The highest BCUT2D eigenvalue weighted by Gasteiger charge is 2.15. The van der Waals surface area contributed by atoms with Gasteiger partial charge in [-0.1, -0.05) is 24.1 Å². The summed E-state index contributed by atoms with van der Waals surface area (Å²) < 4.78 is 10.4. The van der Waals surface area contributed by atoms with Gasteiger partial charge < -0.3 is 9.15 Å². The van der Waals surface area contributed by atoms with Crippen molar-refractivity contribution in [3.63, 3.8) is 0 Å². The highest BCUT2D eigenvalue weighted by molar-refractivity contribution is 5.72. The number of terminal acetylenes is 1. The first-order chi connectivity index (χ1) is 9.20. The van der Waals surface area contributed by atoms with Crippen LogP contribution in [0.3, 0.4) is 0 Å². The van der Waals surface area contributed by atoms with Crippen molar-refractivity contribution in [2.45, 2.75) is 13.3 Å². The number of carbonyl (C=O) groups excluding carboxylic acids is 1. The standard InChI is InChI=1S/C15H13NO3/c1-3-9-18-14(17)10-13-11(2)19-15(16-13)12-7-5-4-6-8-12/h1,4-8H,9-10H2,2H3. The molecule has 0 radical (unpaired) electrons. The lowest BCUT2D eigenvalue weighted by atomic mass is 10.2. The average Bonchev–Trinajstić information content (AvgIpc) is 2.79. The summed E-state index contributed by atoms with van der Waals surface area (Å²) >= 11 is 0. The van der Waals surface area contributed by atoms with E-state index in [9.17, 15) is 4.79 Å². The van der Waals surface area contributed by atoms with Crippen molar-refractivity contribution in [2.24, 2.45) is 0 Å². The maximum absolute atomic E-state index is 11.5. The SMILES string of the molecule is C#CCOC(=O)Cc1nc(-c2ccccc2)oc1C. The van der Waals surface area contributed by atoms with E-state index in [2.05, 4.69) is 10.9 Å². The van der Waals surface area contributed by atoms with Gasteiger partial charge in [0.15, 0.2) is 6.61 Å². The van der Waals surface area contributed by atoms with Crippen molar-refractivity contribution >= 4 is 5.97 Å². The Morgan fingerprint density at radius 3 is 2.84 bits per heavy atom. The second-order valence-corrected chi connectivity index (χ2v) is 3.93. The molecule has 0 aliphatic heterocycles. The maximum Gasteiger partial charge on any atom is 0.312 e. The lowest BCUT2D eigenvalue weighted by molar-refractivity contribution is -0.141. The molecule has 1 aromatic carbocycles. The van der Waals surface area contributed by atoms with E-state index in [4.69, 9.17) is 15.6 Å². The third-order valence-corrected chi connectivity index (χ3v) is 2.54. The Balaban J connectivity index is 2.14. The van der Waals surface area contributed by atoms with E-state index in [1.807, 2.05) is 30.3 Å². The number of aryl methyl sites for hydroxylation is 1. The first-order valence-corrected chi connectivity index (χ1v) is 5.81. The Hall–Kier alpha value is -2.54. The number of nitrogens with zero attached hydrogens (tertiary/aromatic N) is 1. The Morgan fingerprint density at radius 1 is 1.42 bits per heavy atom. The molecule has 0 saturated heterocycles. The summed E-state index contributed by atoms with van der Waals surface area (Å²) in [5, 5.41) is 0. The first kappa shape index (κ1) is 12.9. The molecule has 0 aliphatic rings. The second kappa shape index (κ2) is 5.87. The molecule has 4 nitrogen and oxygen atoms in total. The van der Waals surface area contributed by atoms with Crippen LogP contribution in [-0.4, -0.2) is 17.6 Å². The van der Waals surface area contributed by atoms with Crippen molar-refractivity contribution in [1.29, 1.82) is 0 Å². The van der Waals surface area contributed by atoms with Gasteiger partial charge in [0, 0.05) is 5.56 Å². The molecule has 0 atom stereocenters. The molecule has 0 spiro atoms. The number of carbonyl (C=O) groups is 1. The largest absolute Gasteiger partial charge is 0.452 e. The van der Waals surface area contributed by atoms with E-state index in [1.54, 1.807) is 6.92 Å². The number of oxazole rings is 1. The van der Waals surface area contributed by atoms with Gasteiger partial charge in [-0.05, 0) is 19.1 Å². The molecule has 1 aromatic heterocycles. The summed E-state index contributed by atoms with van der Waals surface area (Å²) in [6, 6.07) is 9.50. The molecule has 2 aromatic rings. The van der Waals surface area contributed by atoms with Crippen molar-refractivity contribution in [3.8, 4) is 23.8 Å². The fourth-order valence-corrected chi connectivity index (χ4v) is 1.61. The zero-order valence-electron chi connectivity index (χ0n) is 10.6. The molecule has 0 unspecified atom stereocenters. The van der Waals surface area contributed by atoms with Gasteiger partial charge in [0.1, 0.15) is 5.76 Å². The van der Waals surface area contributed by atoms with E-state index in [1.165, 1.54) is 0 Å². The minimum Gasteiger partial charge on any atom is -0.452 e. The fraction of sp³-hybridized carbons (Fsp3) is 0.200. The minimum atomic E-state index is -0.408. The first-order valence-electron chi connectivity index (χ1n) is 5.81. The Kier molecular flexibility index (Phi) is 3.99. The smallest absolute Gasteiger partial charge is 0.312 e. The molecule has 0 aliphatic carbocycles. The number of esters is 1. The third kappa shape index (κ3) is 3.23. The highest BCUT2D eigenvalue weighted by Crippen LogP contribution is 2.21. The van der Waals surface area contributed by atoms with Crippen molar-refractivity contribution in [1.82, 2.24) is 4.98 Å². The molecule has 19 heavy (non-hydrogen) atoms. The van der Waals surface area contributed by atoms with E-state index < -0.39 is 5.97 Å². The van der Waals surface area contributed by atoms with Crippen molar-refractivity contribution in [3.05, 3.63) is 41.8 Å². The van der Waals surface area contributed by atoms with E-state index in [0.29, 0.717) is 17.3 Å². The number of aromatic nitrogens is 1. The van der Waals surface area contributed by atoms with Gasteiger partial charge in [0.2, 0.25) is 5.89 Å². The van der Waals surface area contributed by atoms with Crippen molar-refractivity contribution in [2.75, 3.05) is 6.61 Å². The number of rotatable bonds is 4. The van der Waals surface area contributed by atoms with Crippen LogP contribution in [0.1, 0.15) is 11.5 Å². The Bertz CT molecular complexity index is 608. The zero-order valence-corrected chi connectivity index (χ0v) is 10.6. The van der Waals surface area contributed by atoms with Gasteiger partial charge >= 0.3 is 5.97 Å². The fourth-order valence-electron chi connectivity index (χ4n) is 1.61. The van der Waals surface area contributed by atoms with Crippen molar-refractivity contribution < 1.29 is 13.9 Å². The molecule has 0 bridgehead atoms. The highest BCUT2D eigenvalue weighted by atomic mass is 16.5. The van der Waals surface area contributed by atoms with Crippen LogP contribution in [0.25, 0.3) is 11.5 Å². The van der Waals surface area contributed by atoms with Crippen LogP contribution in [0.15, 0.2) is 34.7 Å². The number of benzene rings is 1. The predicted octanol–water partition coefficient (Wildman–Crippen LogP) is 2.37. The summed E-state index contributed by atoms with van der Waals surface area (Å²) in [5.74, 6) is 2.94. The molecular weight excluding hydrogens is 242 g/mol. The average molecular weight is 255 g/mol. The number of hydrogen-bond acceptors (Lipinski definition) is 4. The third-order valence-electron chi connectivity index (χ3n) is 2.54. The molecule has 0 saturated carbocycles. The molecule has 0 fully saturated rings. The van der Waals surface area contributed by atoms with E-state index >= 15 is 0 Å². The van der Waals surface area contributed by atoms with Gasteiger partial charge in [0.05, 0.1) is 12.1 Å². The monoisotopic (exact) mass is 255 g/mol. The Morgan fingerprint density at radius 2 is 2.16 bits per heavy atom. The maximum atomic E-state index is 11.5. The van der Waals surface area contributed by atoms with Crippen LogP contribution in [0.5, 0.6) is 0 Å². The molecular formula is C15H13NO3. The van der Waals surface area contributed by atoms with Gasteiger partial charge in [-0.3, -0.25) is 4.79 Å². The van der Waals surface area contributed by atoms with Crippen LogP contribution >= 0.6 is 0 Å². The molecule has 0 N–H and O–H groups in total. The van der Waals surface area contributed by atoms with Gasteiger partial charge in [-0.25, -0.2) is 4.98 Å². The zero-order chi connectivity index (χ0) is 13.7. The lowest BCUT2D eigenvalue weighted by Crippen LogP contribution is -2.09. The molecule has 96 valence electrons. The summed E-state index contributed by atoms with van der Waals surface area (Å²) in [7, 11) is 0.